The molecule has 4 rings (SSSR count). The zero-order valence-electron chi connectivity index (χ0n) is 17.4. The molecule has 164 valence electrons. The van der Waals surface area contributed by atoms with Gasteiger partial charge in [0.25, 0.3) is 5.91 Å². The third-order valence-electron chi connectivity index (χ3n) is 6.03. The van der Waals surface area contributed by atoms with Crippen molar-refractivity contribution in [3.8, 4) is 11.5 Å². The highest BCUT2D eigenvalue weighted by molar-refractivity contribution is 7.94. The number of amides is 2. The van der Waals surface area contributed by atoms with Crippen molar-refractivity contribution < 1.29 is 27.5 Å². The van der Waals surface area contributed by atoms with E-state index >= 15 is 0 Å². The number of anilines is 1. The Hall–Kier alpha value is -3.07. The van der Waals surface area contributed by atoms with Crippen LogP contribution in [0.3, 0.4) is 0 Å². The first kappa shape index (κ1) is 21.2. The second-order valence-electron chi connectivity index (χ2n) is 7.63. The van der Waals surface area contributed by atoms with Crippen LogP contribution >= 0.6 is 0 Å². The van der Waals surface area contributed by atoms with E-state index < -0.39 is 26.4 Å². The Labute approximate surface area is 181 Å². The molecule has 0 N–H and O–H groups in total. The Bertz CT molecular complexity index is 1110. The van der Waals surface area contributed by atoms with Gasteiger partial charge in [0.2, 0.25) is 5.91 Å². The van der Waals surface area contributed by atoms with Gasteiger partial charge in [-0.3, -0.25) is 14.5 Å². The molecule has 0 bridgehead atoms. The molecule has 2 fully saturated rings. The molecule has 1 spiro atoms. The maximum Gasteiger partial charge on any atom is 0.253 e. The summed E-state index contributed by atoms with van der Waals surface area (Å²) in [7, 11) is -0.672. The van der Waals surface area contributed by atoms with Gasteiger partial charge in [-0.05, 0) is 30.3 Å². The lowest BCUT2D eigenvalue weighted by Gasteiger charge is -2.43. The van der Waals surface area contributed by atoms with Gasteiger partial charge in [-0.25, -0.2) is 8.42 Å². The highest BCUT2D eigenvalue weighted by Crippen LogP contribution is 2.43. The molecule has 0 aliphatic carbocycles. The van der Waals surface area contributed by atoms with Gasteiger partial charge in [0.1, 0.15) is 5.75 Å². The third-order valence-corrected chi connectivity index (χ3v) is 8.40. The summed E-state index contributed by atoms with van der Waals surface area (Å²) in [6.07, 6.45) is 0.323. The molecule has 0 atom stereocenters. The lowest BCUT2D eigenvalue weighted by molar-refractivity contribution is -0.116. The van der Waals surface area contributed by atoms with E-state index in [1.807, 2.05) is 6.07 Å². The van der Waals surface area contributed by atoms with Crippen LogP contribution in [0.4, 0.5) is 5.69 Å². The minimum absolute atomic E-state index is 0.162. The minimum Gasteiger partial charge on any atom is -0.493 e. The van der Waals surface area contributed by atoms with Crippen molar-refractivity contribution >= 4 is 27.3 Å². The molecule has 2 aliphatic heterocycles. The molecule has 0 radical (unpaired) electrons. The predicted molar refractivity (Wildman–Crippen MR) is 115 cm³/mol. The van der Waals surface area contributed by atoms with E-state index in [4.69, 9.17) is 9.47 Å². The molecular weight excluding hydrogens is 420 g/mol. The van der Waals surface area contributed by atoms with Gasteiger partial charge in [-0.15, -0.1) is 0 Å². The minimum atomic E-state index is -3.69. The first-order valence-electron chi connectivity index (χ1n) is 9.95. The Balaban J connectivity index is 1.59. The van der Waals surface area contributed by atoms with Crippen LogP contribution in [0.5, 0.6) is 11.5 Å². The molecule has 2 saturated heterocycles. The summed E-state index contributed by atoms with van der Waals surface area (Å²) in [6, 6.07) is 13.8. The first-order valence-corrected chi connectivity index (χ1v) is 11.6. The van der Waals surface area contributed by atoms with Crippen molar-refractivity contribution in [2.24, 2.45) is 0 Å². The highest BCUT2D eigenvalue weighted by atomic mass is 32.2. The van der Waals surface area contributed by atoms with E-state index in [0.717, 1.165) is 0 Å². The molecule has 0 aromatic heterocycles. The highest BCUT2D eigenvalue weighted by Gasteiger charge is 2.59. The average Bonchev–Trinajstić information content (AvgIpc) is 2.97. The SMILES string of the molecule is COc1ccc(C(=O)N2CCC3(CC2)N(c2ccccc2)C(=O)CS3(=O)=O)cc1OC. The summed E-state index contributed by atoms with van der Waals surface area (Å²) < 4.78 is 36.6. The zero-order valence-corrected chi connectivity index (χ0v) is 18.2. The molecule has 31 heavy (non-hydrogen) atoms. The lowest BCUT2D eigenvalue weighted by Crippen LogP contribution is -2.57. The quantitative estimate of drug-likeness (QED) is 0.717. The maximum absolute atomic E-state index is 13.0. The standard InChI is InChI=1S/C22H24N2O6S/c1-29-18-9-8-16(14-19(18)30-2)21(26)23-12-10-22(11-13-23)24(17-6-4-3-5-7-17)20(25)15-31(22,27)28/h3-9,14H,10-13,15H2,1-2H3. The number of carbonyl (C=O) groups excluding carboxylic acids is 2. The summed E-state index contributed by atoms with van der Waals surface area (Å²) in [5, 5.41) is 0. The third kappa shape index (κ3) is 3.42. The second kappa shape index (κ2) is 7.88. The number of likely N-dealkylation sites (tertiary alicyclic amines) is 1. The molecule has 2 aromatic carbocycles. The van der Waals surface area contributed by atoms with E-state index in [-0.39, 0.29) is 31.8 Å². The molecule has 8 nitrogen and oxygen atoms in total. The number of sulfone groups is 1. The molecule has 2 heterocycles. The number of methoxy groups -OCH3 is 2. The molecule has 2 amide bonds. The lowest BCUT2D eigenvalue weighted by atomic mass is 10.00. The number of rotatable bonds is 4. The number of ether oxygens (including phenoxy) is 2. The van der Waals surface area contributed by atoms with Gasteiger partial charge in [0.05, 0.1) is 14.2 Å². The summed E-state index contributed by atoms with van der Waals surface area (Å²) in [4.78, 5) is 27.4. The van der Waals surface area contributed by atoms with Crippen LogP contribution in [0, 0.1) is 0 Å². The Morgan fingerprint density at radius 1 is 0.968 bits per heavy atom. The van der Waals surface area contributed by atoms with E-state index in [0.29, 0.717) is 22.7 Å². The Morgan fingerprint density at radius 3 is 2.23 bits per heavy atom. The summed E-state index contributed by atoms with van der Waals surface area (Å²) in [5.41, 5.74) is 0.993. The van der Waals surface area contributed by atoms with Gasteiger partial charge < -0.3 is 14.4 Å². The monoisotopic (exact) mass is 444 g/mol. The van der Waals surface area contributed by atoms with E-state index in [1.165, 1.54) is 19.1 Å². The second-order valence-corrected chi connectivity index (χ2v) is 9.91. The van der Waals surface area contributed by atoms with Crippen molar-refractivity contribution in [2.45, 2.75) is 17.7 Å². The molecule has 9 heteroatoms. The normalized spacial score (nSPS) is 19.5. The number of hydrogen-bond acceptors (Lipinski definition) is 6. The topological polar surface area (TPSA) is 93.2 Å². The van der Waals surface area contributed by atoms with Gasteiger partial charge in [-0.1, -0.05) is 18.2 Å². The number of carbonyl (C=O) groups is 2. The Morgan fingerprint density at radius 2 is 1.61 bits per heavy atom. The fourth-order valence-corrected chi connectivity index (χ4v) is 6.44. The van der Waals surface area contributed by atoms with Gasteiger partial charge in [0.15, 0.2) is 26.2 Å². The van der Waals surface area contributed by atoms with Crippen LogP contribution in [0.15, 0.2) is 48.5 Å². The van der Waals surface area contributed by atoms with Crippen molar-refractivity contribution in [3.63, 3.8) is 0 Å². The molecule has 0 saturated carbocycles. The fourth-order valence-electron chi connectivity index (χ4n) is 4.43. The van der Waals surface area contributed by atoms with E-state index in [2.05, 4.69) is 0 Å². The number of para-hydroxylation sites is 1. The number of benzene rings is 2. The van der Waals surface area contributed by atoms with Gasteiger partial charge in [0, 0.05) is 37.2 Å². The maximum atomic E-state index is 13.0. The van der Waals surface area contributed by atoms with Gasteiger partial charge >= 0.3 is 0 Å². The van der Waals surface area contributed by atoms with Gasteiger partial charge in [-0.2, -0.15) is 0 Å². The molecule has 0 unspecified atom stereocenters. The largest absolute Gasteiger partial charge is 0.493 e. The molecular formula is C22H24N2O6S. The van der Waals surface area contributed by atoms with Crippen LogP contribution in [0.2, 0.25) is 0 Å². The van der Waals surface area contributed by atoms with Crippen molar-refractivity contribution in [3.05, 3.63) is 54.1 Å². The van der Waals surface area contributed by atoms with Crippen molar-refractivity contribution in [1.82, 2.24) is 4.90 Å². The average molecular weight is 445 g/mol. The smallest absolute Gasteiger partial charge is 0.253 e. The van der Waals surface area contributed by atoms with Crippen molar-refractivity contribution in [1.29, 1.82) is 0 Å². The van der Waals surface area contributed by atoms with Crippen molar-refractivity contribution in [2.75, 3.05) is 38.0 Å². The van der Waals surface area contributed by atoms with Crippen LogP contribution in [0.1, 0.15) is 23.2 Å². The zero-order chi connectivity index (χ0) is 22.2. The fraction of sp³-hybridized carbons (Fsp3) is 0.364. The predicted octanol–water partition coefficient (Wildman–Crippen LogP) is 2.10. The summed E-state index contributed by atoms with van der Waals surface area (Å²) in [6.45, 7) is 0.450. The van der Waals surface area contributed by atoms with E-state index in [9.17, 15) is 18.0 Å². The van der Waals surface area contributed by atoms with E-state index in [1.54, 1.807) is 47.4 Å². The molecule has 2 aromatic rings. The molecule has 2 aliphatic rings. The number of piperidine rings is 1. The van der Waals surface area contributed by atoms with Crippen LogP contribution in [0.25, 0.3) is 0 Å². The first-order chi connectivity index (χ1) is 14.8. The van der Waals surface area contributed by atoms with Crippen LogP contribution in [-0.2, 0) is 14.6 Å². The number of nitrogens with zero attached hydrogens (tertiary/aromatic N) is 2. The van der Waals surface area contributed by atoms with Crippen LogP contribution in [-0.4, -0.2) is 63.1 Å². The summed E-state index contributed by atoms with van der Waals surface area (Å²) >= 11 is 0. The van der Waals surface area contributed by atoms with Crippen LogP contribution < -0.4 is 14.4 Å². The number of hydrogen-bond donors (Lipinski definition) is 0. The summed E-state index contributed by atoms with van der Waals surface area (Å²) in [5.74, 6) is -0.188. The Kier molecular flexibility index (Phi) is 5.38.